The zero-order chi connectivity index (χ0) is 15.8. The number of allylic oxidation sites excluding steroid dienone is 2. The van der Waals surface area contributed by atoms with Gasteiger partial charge in [0.2, 0.25) is 0 Å². The van der Waals surface area contributed by atoms with Crippen LogP contribution in [0.1, 0.15) is 60.8 Å². The molecule has 2 heteroatoms. The van der Waals surface area contributed by atoms with Gasteiger partial charge < -0.3 is 4.74 Å². The summed E-state index contributed by atoms with van der Waals surface area (Å²) in [5, 5.41) is 0. The fourth-order valence-corrected chi connectivity index (χ4v) is 3.30. The van der Waals surface area contributed by atoms with Gasteiger partial charge in [-0.2, -0.15) is 0 Å². The second kappa shape index (κ2) is 5.62. The van der Waals surface area contributed by atoms with Gasteiger partial charge in [0.25, 0.3) is 0 Å². The molecule has 0 aromatic rings. The number of rotatable bonds is 3. The van der Waals surface area contributed by atoms with Crippen LogP contribution in [0.15, 0.2) is 23.8 Å². The molecule has 0 N–H and O–H groups in total. The van der Waals surface area contributed by atoms with E-state index in [2.05, 4.69) is 39.0 Å². The van der Waals surface area contributed by atoms with Gasteiger partial charge in [0.05, 0.1) is 5.41 Å². The van der Waals surface area contributed by atoms with Gasteiger partial charge >= 0.3 is 5.97 Å². The summed E-state index contributed by atoms with van der Waals surface area (Å²) in [7, 11) is 0. The Kier molecular flexibility index (Phi) is 4.37. The van der Waals surface area contributed by atoms with Crippen molar-refractivity contribution in [1.82, 2.24) is 0 Å². The van der Waals surface area contributed by atoms with E-state index < -0.39 is 11.0 Å². The van der Waals surface area contributed by atoms with E-state index in [1.54, 1.807) is 0 Å². The Labute approximate surface area is 129 Å². The predicted molar refractivity (Wildman–Crippen MR) is 86.8 cm³/mol. The third-order valence-electron chi connectivity index (χ3n) is 5.74. The lowest BCUT2D eigenvalue weighted by molar-refractivity contribution is -0.175. The summed E-state index contributed by atoms with van der Waals surface area (Å²) in [5.74, 6) is 1.28. The number of carbonyl (C=O) groups excluding carboxylic acids is 1. The van der Waals surface area contributed by atoms with Crippen molar-refractivity contribution in [2.24, 2.45) is 23.2 Å². The van der Waals surface area contributed by atoms with Crippen LogP contribution in [0.25, 0.3) is 0 Å². The Hall–Kier alpha value is -1.05. The maximum atomic E-state index is 12.7. The molecule has 0 radical (unpaired) electrons. The van der Waals surface area contributed by atoms with Crippen molar-refractivity contribution in [3.8, 4) is 0 Å². The number of ether oxygens (including phenoxy) is 1. The first-order valence-electron chi connectivity index (χ1n) is 8.37. The molecule has 2 nitrogen and oxygen atoms in total. The third-order valence-corrected chi connectivity index (χ3v) is 5.74. The van der Waals surface area contributed by atoms with E-state index in [1.807, 2.05) is 20.8 Å². The molecule has 0 aliphatic heterocycles. The Morgan fingerprint density at radius 1 is 1.38 bits per heavy atom. The lowest BCUT2D eigenvalue weighted by Crippen LogP contribution is -2.50. The molecule has 0 saturated carbocycles. The van der Waals surface area contributed by atoms with Gasteiger partial charge in [-0.3, -0.25) is 4.79 Å². The highest BCUT2D eigenvalue weighted by Gasteiger charge is 2.49. The molecule has 0 amide bonds. The van der Waals surface area contributed by atoms with Crippen molar-refractivity contribution in [1.29, 1.82) is 0 Å². The minimum Gasteiger partial charge on any atom is -0.453 e. The molecule has 0 heterocycles. The van der Waals surface area contributed by atoms with Gasteiger partial charge in [0, 0.05) is 5.92 Å². The predicted octanol–water partition coefficient (Wildman–Crippen LogP) is 4.90. The van der Waals surface area contributed by atoms with Crippen LogP contribution in [0.2, 0.25) is 0 Å². The van der Waals surface area contributed by atoms with E-state index in [9.17, 15) is 4.79 Å². The Morgan fingerprint density at radius 2 is 2.05 bits per heavy atom. The van der Waals surface area contributed by atoms with Gasteiger partial charge in [-0.05, 0) is 50.5 Å². The molecular weight excluding hydrogens is 260 g/mol. The summed E-state index contributed by atoms with van der Waals surface area (Å²) in [5.41, 5.74) is 0.393. The first kappa shape index (κ1) is 16.3. The molecule has 0 spiro atoms. The molecule has 2 aliphatic carbocycles. The van der Waals surface area contributed by atoms with Gasteiger partial charge in [0.1, 0.15) is 5.60 Å². The highest BCUT2D eigenvalue weighted by Crippen LogP contribution is 2.48. The average Bonchev–Trinajstić information content (AvgIpc) is 2.45. The van der Waals surface area contributed by atoms with Crippen LogP contribution in [0.3, 0.4) is 0 Å². The van der Waals surface area contributed by atoms with Crippen molar-refractivity contribution >= 4 is 5.97 Å². The van der Waals surface area contributed by atoms with E-state index >= 15 is 0 Å². The van der Waals surface area contributed by atoms with Gasteiger partial charge in [-0.15, -0.1) is 0 Å². The Balaban J connectivity index is 2.38. The quantitative estimate of drug-likeness (QED) is 0.691. The van der Waals surface area contributed by atoms with Crippen molar-refractivity contribution in [3.63, 3.8) is 0 Å². The summed E-state index contributed by atoms with van der Waals surface area (Å²) >= 11 is 0. The minimum atomic E-state index is -0.412. The summed E-state index contributed by atoms with van der Waals surface area (Å²) in [6.07, 6.45) is 9.58. The number of hydrogen-bond acceptors (Lipinski definition) is 2. The maximum absolute atomic E-state index is 12.7. The molecule has 0 saturated heterocycles. The summed E-state index contributed by atoms with van der Waals surface area (Å²) in [6, 6.07) is 0. The molecule has 2 aliphatic rings. The van der Waals surface area contributed by atoms with Crippen molar-refractivity contribution in [2.45, 2.75) is 66.4 Å². The third kappa shape index (κ3) is 2.82. The number of esters is 1. The topological polar surface area (TPSA) is 26.3 Å². The SMILES string of the molecule is CCC(C)(C)C(=O)O[C@]12CC[C@@H](C)C=C1C=CC(C)C2C. The van der Waals surface area contributed by atoms with E-state index in [0.29, 0.717) is 17.8 Å². The molecule has 0 aromatic carbocycles. The van der Waals surface area contributed by atoms with Crippen molar-refractivity contribution in [3.05, 3.63) is 23.8 Å². The van der Waals surface area contributed by atoms with Crippen LogP contribution in [-0.2, 0) is 9.53 Å². The highest BCUT2D eigenvalue weighted by atomic mass is 16.6. The maximum Gasteiger partial charge on any atom is 0.312 e. The van der Waals surface area contributed by atoms with E-state index in [1.165, 1.54) is 5.57 Å². The molecule has 2 rings (SSSR count). The normalized spacial score (nSPS) is 35.9. The lowest BCUT2D eigenvalue weighted by atomic mass is 9.65. The molecule has 21 heavy (non-hydrogen) atoms. The van der Waals surface area contributed by atoms with Crippen molar-refractivity contribution < 1.29 is 9.53 Å². The summed E-state index contributed by atoms with van der Waals surface area (Å²) in [4.78, 5) is 12.7. The van der Waals surface area contributed by atoms with Crippen LogP contribution < -0.4 is 0 Å². The standard InChI is InChI=1S/C19H30O2/c1-7-18(5,6)17(20)21-19-11-10-13(2)12-16(19)9-8-14(3)15(19)4/h8-9,12-15H,7,10-11H2,1-6H3/t13-,14?,15?,19+/m1/s1. The average molecular weight is 290 g/mol. The van der Waals surface area contributed by atoms with E-state index in [-0.39, 0.29) is 5.97 Å². The number of carbonyl (C=O) groups is 1. The lowest BCUT2D eigenvalue weighted by Gasteiger charge is -2.48. The zero-order valence-corrected chi connectivity index (χ0v) is 14.4. The molecule has 2 unspecified atom stereocenters. The molecular formula is C19H30O2. The second-order valence-electron chi connectivity index (χ2n) is 7.66. The van der Waals surface area contributed by atoms with Crippen LogP contribution >= 0.6 is 0 Å². The minimum absolute atomic E-state index is 0.0557. The smallest absolute Gasteiger partial charge is 0.312 e. The van der Waals surface area contributed by atoms with Gasteiger partial charge in [-0.1, -0.05) is 45.9 Å². The summed E-state index contributed by atoms with van der Waals surface area (Å²) < 4.78 is 6.21. The van der Waals surface area contributed by atoms with E-state index in [0.717, 1.165) is 19.3 Å². The van der Waals surface area contributed by atoms with Gasteiger partial charge in [-0.25, -0.2) is 0 Å². The molecule has 0 aromatic heterocycles. The van der Waals surface area contributed by atoms with Crippen LogP contribution in [0.5, 0.6) is 0 Å². The second-order valence-corrected chi connectivity index (χ2v) is 7.66. The fourth-order valence-electron chi connectivity index (χ4n) is 3.30. The Morgan fingerprint density at radius 3 is 2.67 bits per heavy atom. The molecule has 0 fully saturated rings. The molecule has 4 atom stereocenters. The van der Waals surface area contributed by atoms with Crippen molar-refractivity contribution in [2.75, 3.05) is 0 Å². The molecule has 118 valence electrons. The molecule has 0 bridgehead atoms. The zero-order valence-electron chi connectivity index (χ0n) is 14.4. The Bertz CT molecular complexity index is 472. The number of fused-ring (bicyclic) bond motifs is 1. The highest BCUT2D eigenvalue weighted by molar-refractivity contribution is 5.77. The first-order valence-corrected chi connectivity index (χ1v) is 8.37. The van der Waals surface area contributed by atoms with E-state index in [4.69, 9.17) is 4.74 Å². The number of hydrogen-bond donors (Lipinski definition) is 0. The van der Waals surface area contributed by atoms with Crippen LogP contribution in [0, 0.1) is 23.2 Å². The largest absolute Gasteiger partial charge is 0.453 e. The van der Waals surface area contributed by atoms with Gasteiger partial charge in [0.15, 0.2) is 0 Å². The van der Waals surface area contributed by atoms with Crippen LogP contribution in [0.4, 0.5) is 0 Å². The summed E-state index contributed by atoms with van der Waals surface area (Å²) in [6.45, 7) is 12.7. The van der Waals surface area contributed by atoms with Crippen LogP contribution in [-0.4, -0.2) is 11.6 Å². The fraction of sp³-hybridized carbons (Fsp3) is 0.737. The monoisotopic (exact) mass is 290 g/mol. The first-order chi connectivity index (χ1) is 9.73.